The van der Waals surface area contributed by atoms with Crippen molar-refractivity contribution >= 4 is 12.0 Å². The molecule has 0 radical (unpaired) electrons. The molecule has 0 aliphatic carbocycles. The summed E-state index contributed by atoms with van der Waals surface area (Å²) in [6.45, 7) is 4.08. The van der Waals surface area contributed by atoms with Gasteiger partial charge >= 0.3 is 18.2 Å². The lowest BCUT2D eigenvalue weighted by Gasteiger charge is -2.39. The van der Waals surface area contributed by atoms with Crippen LogP contribution in [0, 0.1) is 0 Å². The Morgan fingerprint density at radius 2 is 1.73 bits per heavy atom. The normalized spacial score (nSPS) is 26.5. The number of hydrogen-bond donors (Lipinski definition) is 3. The molecule has 1 saturated heterocycles. The van der Waals surface area contributed by atoms with Crippen LogP contribution in [0.15, 0.2) is 0 Å². The van der Waals surface area contributed by atoms with Crippen LogP contribution in [-0.2, 0) is 9.53 Å². The van der Waals surface area contributed by atoms with Crippen molar-refractivity contribution in [2.24, 2.45) is 0 Å². The molecule has 22 heavy (non-hydrogen) atoms. The average Bonchev–Trinajstić information content (AvgIpc) is 2.31. The van der Waals surface area contributed by atoms with Gasteiger partial charge in [-0.2, -0.15) is 13.2 Å². The Hall–Kier alpha value is -1.55. The minimum absolute atomic E-state index is 0.311. The van der Waals surface area contributed by atoms with Gasteiger partial charge in [-0.05, 0) is 20.8 Å². The fraction of sp³-hybridized carbons (Fsp3) is 0.833. The number of likely N-dealkylation sites (tertiary alicyclic amines) is 1. The predicted molar refractivity (Wildman–Crippen MR) is 67.8 cm³/mol. The second kappa shape index (κ2) is 6.29. The van der Waals surface area contributed by atoms with Crippen LogP contribution in [0.3, 0.4) is 0 Å². The van der Waals surface area contributed by atoms with Crippen molar-refractivity contribution in [3.63, 3.8) is 0 Å². The third-order valence-corrected chi connectivity index (χ3v) is 2.86. The first kappa shape index (κ1) is 18.5. The number of β-amino-alcohol motifs (C(OH)–C–C–N with tert-alkyl or cyclic N) is 1. The van der Waals surface area contributed by atoms with Crippen LogP contribution < -0.4 is 5.32 Å². The van der Waals surface area contributed by atoms with E-state index in [1.54, 1.807) is 26.1 Å². The first-order valence-electron chi connectivity index (χ1n) is 6.53. The number of aliphatic hydroxyl groups excluding tert-OH is 2. The van der Waals surface area contributed by atoms with Gasteiger partial charge < -0.3 is 25.2 Å². The first-order valence-corrected chi connectivity index (χ1v) is 6.53. The molecule has 10 heteroatoms. The molecule has 0 aromatic carbocycles. The van der Waals surface area contributed by atoms with Crippen LogP contribution in [-0.4, -0.2) is 70.2 Å². The molecule has 1 aliphatic rings. The Labute approximate surface area is 125 Å². The summed E-state index contributed by atoms with van der Waals surface area (Å²) in [5, 5.41) is 20.9. The van der Waals surface area contributed by atoms with Gasteiger partial charge in [-0.15, -0.1) is 0 Å². The smallest absolute Gasteiger partial charge is 0.444 e. The fourth-order valence-electron chi connectivity index (χ4n) is 1.88. The number of halogens is 3. The Kier molecular flexibility index (Phi) is 5.29. The summed E-state index contributed by atoms with van der Waals surface area (Å²) in [7, 11) is 0. The summed E-state index contributed by atoms with van der Waals surface area (Å²) >= 11 is 0. The lowest BCUT2D eigenvalue weighted by Crippen LogP contribution is -2.63. The number of alkyl halides is 3. The van der Waals surface area contributed by atoms with Gasteiger partial charge in [0, 0.05) is 6.54 Å². The molecule has 1 heterocycles. The molecule has 0 unspecified atom stereocenters. The van der Waals surface area contributed by atoms with E-state index in [1.165, 1.54) is 0 Å². The number of hydrogen-bond acceptors (Lipinski definition) is 5. The largest absolute Gasteiger partial charge is 0.471 e. The minimum atomic E-state index is -5.13. The molecule has 1 fully saturated rings. The van der Waals surface area contributed by atoms with E-state index in [0.29, 0.717) is 0 Å². The van der Waals surface area contributed by atoms with E-state index in [1.807, 2.05) is 0 Å². The highest BCUT2D eigenvalue weighted by molar-refractivity contribution is 5.82. The number of ether oxygens (including phenoxy) is 1. The van der Waals surface area contributed by atoms with Crippen LogP contribution in [0.2, 0.25) is 0 Å². The van der Waals surface area contributed by atoms with Crippen molar-refractivity contribution in [2.45, 2.75) is 50.8 Å². The summed E-state index contributed by atoms with van der Waals surface area (Å²) < 4.78 is 41.8. The van der Waals surface area contributed by atoms with Gasteiger partial charge in [0.05, 0.1) is 18.7 Å². The zero-order chi connectivity index (χ0) is 17.3. The number of carbonyl (C=O) groups is 2. The third-order valence-electron chi connectivity index (χ3n) is 2.86. The molecule has 0 aromatic rings. The van der Waals surface area contributed by atoms with E-state index in [9.17, 15) is 33.0 Å². The SMILES string of the molecule is CC(C)(C)OC(=O)N1C[C@@H](O)[C@@H](O)[C@H](NC(=O)C(F)(F)F)C1. The van der Waals surface area contributed by atoms with Gasteiger partial charge in [0.1, 0.15) is 11.7 Å². The zero-order valence-corrected chi connectivity index (χ0v) is 12.3. The molecule has 1 rings (SSSR count). The van der Waals surface area contributed by atoms with E-state index in [4.69, 9.17) is 4.74 Å². The van der Waals surface area contributed by atoms with Crippen molar-refractivity contribution in [1.82, 2.24) is 10.2 Å². The molecular weight excluding hydrogens is 309 g/mol. The van der Waals surface area contributed by atoms with Crippen molar-refractivity contribution in [2.75, 3.05) is 13.1 Å². The van der Waals surface area contributed by atoms with E-state index in [-0.39, 0.29) is 6.54 Å². The van der Waals surface area contributed by atoms with E-state index < -0.39 is 48.6 Å². The molecule has 0 saturated carbocycles. The number of carbonyl (C=O) groups excluding carboxylic acids is 2. The standard InChI is InChI=1S/C12H19F3N2O5/c1-11(2,3)22-10(21)17-4-6(8(19)7(18)5-17)16-9(20)12(13,14)15/h6-8,18-19H,4-5H2,1-3H3,(H,16,20)/t6-,7-,8+/m1/s1. The highest BCUT2D eigenvalue weighted by Crippen LogP contribution is 2.19. The van der Waals surface area contributed by atoms with Crippen molar-refractivity contribution in [1.29, 1.82) is 0 Å². The second-order valence-corrected chi connectivity index (χ2v) is 6.02. The van der Waals surface area contributed by atoms with Gasteiger partial charge in [-0.25, -0.2) is 4.79 Å². The van der Waals surface area contributed by atoms with Crippen molar-refractivity contribution < 1.29 is 37.7 Å². The third kappa shape index (κ3) is 5.02. The molecular formula is C12H19F3N2O5. The summed E-state index contributed by atoms with van der Waals surface area (Å²) in [6, 6.07) is -1.45. The molecule has 3 N–H and O–H groups in total. The quantitative estimate of drug-likeness (QED) is 0.630. The number of nitrogens with one attached hydrogen (secondary N) is 1. The van der Waals surface area contributed by atoms with E-state index in [0.717, 1.165) is 4.90 Å². The van der Waals surface area contributed by atoms with Crippen LogP contribution in [0.25, 0.3) is 0 Å². The topological polar surface area (TPSA) is 99.1 Å². The Morgan fingerprint density at radius 3 is 2.18 bits per heavy atom. The Bertz CT molecular complexity index is 435. The highest BCUT2D eigenvalue weighted by Gasteiger charge is 2.44. The van der Waals surface area contributed by atoms with Crippen molar-refractivity contribution in [3.8, 4) is 0 Å². The maximum Gasteiger partial charge on any atom is 0.471 e. The van der Waals surface area contributed by atoms with Crippen LogP contribution in [0.5, 0.6) is 0 Å². The highest BCUT2D eigenvalue weighted by atomic mass is 19.4. The fourth-order valence-corrected chi connectivity index (χ4v) is 1.88. The Balaban J connectivity index is 2.78. The first-order chi connectivity index (χ1) is 9.81. The summed E-state index contributed by atoms with van der Waals surface area (Å²) in [5.41, 5.74) is -0.831. The molecule has 1 aliphatic heterocycles. The predicted octanol–water partition coefficient (Wildman–Crippen LogP) is 0.00600. The molecule has 7 nitrogen and oxygen atoms in total. The zero-order valence-electron chi connectivity index (χ0n) is 12.3. The minimum Gasteiger partial charge on any atom is -0.444 e. The van der Waals surface area contributed by atoms with Gasteiger partial charge in [0.25, 0.3) is 0 Å². The average molecular weight is 328 g/mol. The molecule has 2 amide bonds. The molecule has 0 bridgehead atoms. The summed E-state index contributed by atoms with van der Waals surface area (Å²) in [5.74, 6) is -2.25. The number of nitrogens with zero attached hydrogens (tertiary/aromatic N) is 1. The van der Waals surface area contributed by atoms with E-state index in [2.05, 4.69) is 0 Å². The number of aliphatic hydroxyl groups is 2. The number of amides is 2. The van der Waals surface area contributed by atoms with Crippen LogP contribution in [0.1, 0.15) is 20.8 Å². The van der Waals surface area contributed by atoms with Gasteiger partial charge in [0.15, 0.2) is 0 Å². The lowest BCUT2D eigenvalue weighted by atomic mass is 9.99. The second-order valence-electron chi connectivity index (χ2n) is 6.02. The van der Waals surface area contributed by atoms with Crippen LogP contribution in [0.4, 0.5) is 18.0 Å². The maximum atomic E-state index is 12.2. The summed E-state index contributed by atoms with van der Waals surface area (Å²) in [4.78, 5) is 23.7. The van der Waals surface area contributed by atoms with E-state index >= 15 is 0 Å². The number of rotatable bonds is 1. The monoisotopic (exact) mass is 328 g/mol. The van der Waals surface area contributed by atoms with Crippen LogP contribution >= 0.6 is 0 Å². The molecule has 0 aromatic heterocycles. The number of piperidine rings is 1. The lowest BCUT2D eigenvalue weighted by molar-refractivity contribution is -0.176. The molecule has 0 spiro atoms. The van der Waals surface area contributed by atoms with Gasteiger partial charge in [-0.1, -0.05) is 0 Å². The Morgan fingerprint density at radius 1 is 1.18 bits per heavy atom. The summed E-state index contributed by atoms with van der Waals surface area (Å²) in [6.07, 6.45) is -9.10. The maximum absolute atomic E-state index is 12.2. The molecule has 128 valence electrons. The van der Waals surface area contributed by atoms with Gasteiger partial charge in [-0.3, -0.25) is 4.79 Å². The van der Waals surface area contributed by atoms with Gasteiger partial charge in [0.2, 0.25) is 0 Å². The molecule has 3 atom stereocenters. The van der Waals surface area contributed by atoms with Crippen molar-refractivity contribution in [3.05, 3.63) is 0 Å².